The van der Waals surface area contributed by atoms with Crippen molar-refractivity contribution >= 4 is 32.6 Å². The number of nitrogens with one attached hydrogen (secondary N) is 1. The maximum atomic E-state index is 13.3. The fourth-order valence-corrected chi connectivity index (χ4v) is 5.26. The normalized spacial score (nSPS) is 16.3. The van der Waals surface area contributed by atoms with Crippen molar-refractivity contribution in [2.45, 2.75) is 30.1 Å². The molecule has 1 fully saturated rings. The minimum absolute atomic E-state index is 0.176. The summed E-state index contributed by atoms with van der Waals surface area (Å²) in [6.07, 6.45) is 2.59. The van der Waals surface area contributed by atoms with Crippen LogP contribution in [0.2, 0.25) is 5.02 Å². The van der Waals surface area contributed by atoms with Crippen molar-refractivity contribution < 1.29 is 17.3 Å². The monoisotopic (exact) mass is 451 g/mol. The molecule has 0 bridgehead atoms. The minimum atomic E-state index is -3.55. The smallest absolute Gasteiger partial charge is 0.240 e. The van der Waals surface area contributed by atoms with E-state index in [9.17, 15) is 12.8 Å². The second-order valence-corrected chi connectivity index (χ2v) is 9.74. The van der Waals surface area contributed by atoms with Crippen LogP contribution in [-0.2, 0) is 10.0 Å². The Kier molecular flexibility index (Phi) is 6.38. The minimum Gasteiger partial charge on any atom is -0.356 e. The molecular weight excluding hydrogens is 429 g/mol. The number of piperidine rings is 1. The summed E-state index contributed by atoms with van der Waals surface area (Å²) in [5.41, 5.74) is 1.39. The highest BCUT2D eigenvalue weighted by Crippen LogP contribution is 2.32. The Morgan fingerprint density at radius 1 is 1.20 bits per heavy atom. The fraction of sp³-hybridized carbons (Fsp3) is 0.381. The molecule has 1 aliphatic heterocycles. The molecule has 160 valence electrons. The number of rotatable bonds is 7. The van der Waals surface area contributed by atoms with Gasteiger partial charge in [0.1, 0.15) is 5.82 Å². The molecule has 9 heteroatoms. The Labute approximate surface area is 180 Å². The van der Waals surface area contributed by atoms with Gasteiger partial charge >= 0.3 is 0 Å². The maximum absolute atomic E-state index is 13.3. The van der Waals surface area contributed by atoms with Gasteiger partial charge in [-0.05, 0) is 69.2 Å². The Bertz CT molecular complexity index is 1130. The van der Waals surface area contributed by atoms with Crippen LogP contribution in [-0.4, -0.2) is 44.7 Å². The van der Waals surface area contributed by atoms with Crippen molar-refractivity contribution in [3.63, 3.8) is 0 Å². The van der Waals surface area contributed by atoms with Crippen LogP contribution in [0.4, 0.5) is 4.39 Å². The van der Waals surface area contributed by atoms with Gasteiger partial charge in [-0.15, -0.1) is 0 Å². The van der Waals surface area contributed by atoms with E-state index in [2.05, 4.69) is 14.8 Å². The molecule has 0 spiro atoms. The molecule has 2 aromatic carbocycles. The number of likely N-dealkylation sites (tertiary alicyclic amines) is 1. The number of sulfonamides is 1. The maximum Gasteiger partial charge on any atom is 0.240 e. The molecule has 1 saturated heterocycles. The first kappa shape index (κ1) is 21.2. The quantitative estimate of drug-likeness (QED) is 0.546. The lowest BCUT2D eigenvalue weighted by Crippen LogP contribution is -2.35. The summed E-state index contributed by atoms with van der Waals surface area (Å²) in [7, 11) is -3.55. The highest BCUT2D eigenvalue weighted by Gasteiger charge is 2.25. The van der Waals surface area contributed by atoms with Crippen molar-refractivity contribution in [2.75, 3.05) is 26.2 Å². The van der Waals surface area contributed by atoms with Crippen LogP contribution in [0, 0.1) is 5.82 Å². The van der Waals surface area contributed by atoms with Crippen LogP contribution < -0.4 is 4.72 Å². The summed E-state index contributed by atoms with van der Waals surface area (Å²) in [6, 6.07) is 10.8. The number of halogens is 2. The van der Waals surface area contributed by atoms with Gasteiger partial charge in [-0.25, -0.2) is 17.5 Å². The zero-order chi connectivity index (χ0) is 21.1. The summed E-state index contributed by atoms with van der Waals surface area (Å²) in [4.78, 5) is 2.50. The van der Waals surface area contributed by atoms with Crippen molar-refractivity contribution in [3.8, 4) is 0 Å². The van der Waals surface area contributed by atoms with E-state index < -0.39 is 10.0 Å². The van der Waals surface area contributed by atoms with E-state index in [0.717, 1.165) is 50.0 Å². The molecule has 3 aromatic rings. The van der Waals surface area contributed by atoms with Gasteiger partial charge in [0.15, 0.2) is 5.58 Å². The Morgan fingerprint density at radius 2 is 2.00 bits per heavy atom. The number of aromatic nitrogens is 1. The summed E-state index contributed by atoms with van der Waals surface area (Å²) >= 11 is 5.88. The molecule has 6 nitrogen and oxygen atoms in total. The number of hydrogen-bond acceptors (Lipinski definition) is 5. The number of fused-ring (bicyclic) bond motifs is 1. The van der Waals surface area contributed by atoms with Crippen LogP contribution in [0.25, 0.3) is 11.0 Å². The van der Waals surface area contributed by atoms with Gasteiger partial charge in [-0.1, -0.05) is 22.8 Å². The number of nitrogens with zero attached hydrogens (tertiary/aromatic N) is 2. The highest BCUT2D eigenvalue weighted by atomic mass is 35.5. The largest absolute Gasteiger partial charge is 0.356 e. The molecule has 0 saturated carbocycles. The second-order valence-electron chi connectivity index (χ2n) is 7.53. The fourth-order valence-electron chi connectivity index (χ4n) is 3.88. The van der Waals surface area contributed by atoms with Gasteiger partial charge in [0.05, 0.1) is 10.6 Å². The Hall–Kier alpha value is -2.00. The van der Waals surface area contributed by atoms with E-state index in [4.69, 9.17) is 16.1 Å². The van der Waals surface area contributed by atoms with Gasteiger partial charge in [-0.2, -0.15) is 0 Å². The van der Waals surface area contributed by atoms with Crippen LogP contribution in [0.15, 0.2) is 51.9 Å². The molecule has 0 amide bonds. The van der Waals surface area contributed by atoms with Crippen LogP contribution >= 0.6 is 11.6 Å². The lowest BCUT2D eigenvalue weighted by molar-refractivity contribution is 0.208. The van der Waals surface area contributed by atoms with Crippen LogP contribution in [0.1, 0.15) is 30.9 Å². The second kappa shape index (κ2) is 9.01. The highest BCUT2D eigenvalue weighted by molar-refractivity contribution is 7.89. The summed E-state index contributed by atoms with van der Waals surface area (Å²) < 4.78 is 45.9. The van der Waals surface area contributed by atoms with Crippen molar-refractivity contribution in [3.05, 3.63) is 59.0 Å². The number of hydrogen-bond donors (Lipinski definition) is 1. The zero-order valence-corrected chi connectivity index (χ0v) is 17.9. The SMILES string of the molecule is O=S(=O)(NCCCN1CCC(c2noc3cc(F)ccc23)CC1)c1cccc(Cl)c1. The molecule has 1 aromatic heterocycles. The molecule has 30 heavy (non-hydrogen) atoms. The van der Waals surface area contributed by atoms with E-state index in [1.165, 1.54) is 24.3 Å². The average Bonchev–Trinajstić information content (AvgIpc) is 3.15. The third-order valence-corrected chi connectivity index (χ3v) is 7.18. The molecular formula is C21H23ClFN3O3S. The molecule has 0 unspecified atom stereocenters. The van der Waals surface area contributed by atoms with Gasteiger partial charge in [-0.3, -0.25) is 0 Å². The Balaban J connectivity index is 1.24. The van der Waals surface area contributed by atoms with Gasteiger partial charge in [0, 0.05) is 28.9 Å². The molecule has 1 aliphatic rings. The molecule has 0 atom stereocenters. The molecule has 0 aliphatic carbocycles. The van der Waals surface area contributed by atoms with E-state index in [1.807, 2.05) is 0 Å². The molecule has 1 N–H and O–H groups in total. The standard InChI is InChI=1S/C21H23ClFN3O3S/c22-16-3-1-4-18(13-16)30(27,28)24-9-2-10-26-11-7-15(8-12-26)21-19-6-5-17(23)14-20(19)29-25-21/h1,3-6,13-15,24H,2,7-12H2. The summed E-state index contributed by atoms with van der Waals surface area (Å²) in [5, 5.41) is 5.45. The summed E-state index contributed by atoms with van der Waals surface area (Å²) in [5.74, 6) is -0.0414. The zero-order valence-electron chi connectivity index (χ0n) is 16.4. The first-order chi connectivity index (χ1) is 14.4. The van der Waals surface area contributed by atoms with Crippen molar-refractivity contribution in [2.24, 2.45) is 0 Å². The van der Waals surface area contributed by atoms with Crippen LogP contribution in [0.3, 0.4) is 0 Å². The molecule has 2 heterocycles. The van der Waals surface area contributed by atoms with Gasteiger partial charge in [0.2, 0.25) is 10.0 Å². The lowest BCUT2D eigenvalue weighted by Gasteiger charge is -2.31. The first-order valence-electron chi connectivity index (χ1n) is 9.95. The number of benzene rings is 2. The first-order valence-corrected chi connectivity index (χ1v) is 11.8. The third-order valence-electron chi connectivity index (χ3n) is 5.49. The van der Waals surface area contributed by atoms with E-state index >= 15 is 0 Å². The molecule has 0 radical (unpaired) electrons. The third kappa shape index (κ3) is 4.83. The van der Waals surface area contributed by atoms with Gasteiger partial charge < -0.3 is 9.42 Å². The Morgan fingerprint density at radius 3 is 2.77 bits per heavy atom. The van der Waals surface area contributed by atoms with Gasteiger partial charge in [0.25, 0.3) is 0 Å². The van der Waals surface area contributed by atoms with E-state index in [0.29, 0.717) is 17.2 Å². The average molecular weight is 452 g/mol. The topological polar surface area (TPSA) is 75.4 Å². The van der Waals surface area contributed by atoms with Crippen LogP contribution in [0.5, 0.6) is 0 Å². The predicted molar refractivity (Wildman–Crippen MR) is 114 cm³/mol. The molecule has 4 rings (SSSR count). The summed E-state index contributed by atoms with van der Waals surface area (Å²) in [6.45, 7) is 2.99. The predicted octanol–water partition coefficient (Wildman–Crippen LogP) is 4.17. The lowest BCUT2D eigenvalue weighted by atomic mass is 9.91. The van der Waals surface area contributed by atoms with E-state index in [-0.39, 0.29) is 16.6 Å². The van der Waals surface area contributed by atoms with Crippen molar-refractivity contribution in [1.29, 1.82) is 0 Å². The van der Waals surface area contributed by atoms with E-state index in [1.54, 1.807) is 18.2 Å². The van der Waals surface area contributed by atoms with Crippen molar-refractivity contribution in [1.82, 2.24) is 14.8 Å².